The number of pyridine rings is 1. The van der Waals surface area contributed by atoms with E-state index < -0.39 is 0 Å². The van der Waals surface area contributed by atoms with Crippen molar-refractivity contribution in [3.05, 3.63) is 23.9 Å². The van der Waals surface area contributed by atoms with Gasteiger partial charge >= 0.3 is 0 Å². The van der Waals surface area contributed by atoms with Crippen LogP contribution in [0.15, 0.2) is 18.2 Å². The summed E-state index contributed by atoms with van der Waals surface area (Å²) < 4.78 is 0. The third-order valence-corrected chi connectivity index (χ3v) is 0.910. The van der Waals surface area contributed by atoms with Crippen molar-refractivity contribution in [2.45, 2.75) is 20.8 Å². The van der Waals surface area contributed by atoms with E-state index in [4.69, 9.17) is 5.73 Å². The predicted octanol–water partition coefficient (Wildman–Crippen LogP) is 2.00. The Morgan fingerprint density at radius 2 is 1.90 bits per heavy atom. The van der Waals surface area contributed by atoms with Crippen LogP contribution in [0.1, 0.15) is 19.5 Å². The molecule has 0 saturated carbocycles. The van der Waals surface area contributed by atoms with E-state index in [1.807, 2.05) is 32.9 Å². The van der Waals surface area contributed by atoms with Crippen LogP contribution < -0.4 is 5.73 Å². The standard InChI is InChI=1S/C6H8N2.C2H6/c1-5-3-2-4-6(7)8-5;1-2/h2-4H,1H3,(H2,7,8);1-2H3. The minimum absolute atomic E-state index is 0.588. The molecule has 0 radical (unpaired) electrons. The number of aryl methyl sites for hydroxylation is 1. The van der Waals surface area contributed by atoms with Crippen molar-refractivity contribution in [3.8, 4) is 0 Å². The number of hydrogen-bond donors (Lipinski definition) is 1. The molecule has 56 valence electrons. The highest BCUT2D eigenvalue weighted by atomic mass is 14.8. The second-order valence-corrected chi connectivity index (χ2v) is 1.70. The summed E-state index contributed by atoms with van der Waals surface area (Å²) in [5.41, 5.74) is 6.31. The second-order valence-electron chi connectivity index (χ2n) is 1.70. The zero-order valence-corrected chi connectivity index (χ0v) is 6.76. The van der Waals surface area contributed by atoms with Crippen LogP contribution in [0.4, 0.5) is 5.82 Å². The van der Waals surface area contributed by atoms with Gasteiger partial charge in [-0.25, -0.2) is 4.98 Å². The highest BCUT2D eigenvalue weighted by molar-refractivity contribution is 5.28. The molecule has 10 heavy (non-hydrogen) atoms. The van der Waals surface area contributed by atoms with Crippen LogP contribution in [-0.2, 0) is 0 Å². The number of anilines is 1. The highest BCUT2D eigenvalue weighted by Gasteiger charge is 1.82. The van der Waals surface area contributed by atoms with Crippen LogP contribution in [-0.4, -0.2) is 4.98 Å². The van der Waals surface area contributed by atoms with Gasteiger partial charge in [-0.1, -0.05) is 19.9 Å². The summed E-state index contributed by atoms with van der Waals surface area (Å²) in [5, 5.41) is 0. The second kappa shape index (κ2) is 4.79. The van der Waals surface area contributed by atoms with Gasteiger partial charge in [0.1, 0.15) is 5.82 Å². The quantitative estimate of drug-likeness (QED) is 0.595. The van der Waals surface area contributed by atoms with Crippen molar-refractivity contribution in [2.24, 2.45) is 0 Å². The summed E-state index contributed by atoms with van der Waals surface area (Å²) in [6, 6.07) is 5.57. The Morgan fingerprint density at radius 1 is 1.30 bits per heavy atom. The number of nitrogens with zero attached hydrogens (tertiary/aromatic N) is 1. The van der Waals surface area contributed by atoms with E-state index in [-0.39, 0.29) is 0 Å². The molecular weight excluding hydrogens is 124 g/mol. The molecule has 0 spiro atoms. The van der Waals surface area contributed by atoms with Crippen molar-refractivity contribution in [3.63, 3.8) is 0 Å². The lowest BCUT2D eigenvalue weighted by Crippen LogP contribution is -1.89. The minimum Gasteiger partial charge on any atom is -0.384 e. The minimum atomic E-state index is 0.588. The molecule has 2 N–H and O–H groups in total. The molecule has 0 aliphatic heterocycles. The highest BCUT2D eigenvalue weighted by Crippen LogP contribution is 1.96. The summed E-state index contributed by atoms with van der Waals surface area (Å²) in [4.78, 5) is 3.95. The molecule has 2 nitrogen and oxygen atoms in total. The van der Waals surface area contributed by atoms with Gasteiger partial charge in [0.2, 0.25) is 0 Å². The molecule has 1 aromatic heterocycles. The van der Waals surface area contributed by atoms with Crippen molar-refractivity contribution in [2.75, 3.05) is 5.73 Å². The van der Waals surface area contributed by atoms with Gasteiger partial charge < -0.3 is 5.73 Å². The molecule has 1 rings (SSSR count). The average molecular weight is 138 g/mol. The van der Waals surface area contributed by atoms with E-state index in [9.17, 15) is 0 Å². The molecule has 0 aliphatic carbocycles. The van der Waals surface area contributed by atoms with E-state index in [0.29, 0.717) is 5.82 Å². The molecule has 1 aromatic rings. The predicted molar refractivity (Wildman–Crippen MR) is 44.7 cm³/mol. The molecule has 0 atom stereocenters. The number of nitrogen functional groups attached to an aromatic ring is 1. The first-order valence-electron chi connectivity index (χ1n) is 3.48. The Labute approximate surface area is 62.1 Å². The third-order valence-electron chi connectivity index (χ3n) is 0.910. The average Bonchev–Trinajstić information content (AvgIpc) is 1.91. The lowest BCUT2D eigenvalue weighted by molar-refractivity contribution is 1.21. The Balaban J connectivity index is 0.000000371. The molecule has 0 unspecified atom stereocenters. The van der Waals surface area contributed by atoms with Gasteiger partial charge in [0.05, 0.1) is 0 Å². The Kier molecular flexibility index (Phi) is 4.29. The Bertz CT molecular complexity index is 167. The number of hydrogen-bond acceptors (Lipinski definition) is 2. The van der Waals surface area contributed by atoms with Gasteiger partial charge in [-0.05, 0) is 19.1 Å². The fraction of sp³-hybridized carbons (Fsp3) is 0.375. The zero-order valence-electron chi connectivity index (χ0n) is 6.76. The molecule has 0 bridgehead atoms. The first-order chi connectivity index (χ1) is 4.79. The molecular formula is C8H14N2. The normalized spacial score (nSPS) is 7.90. The lowest BCUT2D eigenvalue weighted by atomic mass is 10.4. The van der Waals surface area contributed by atoms with Crippen molar-refractivity contribution < 1.29 is 0 Å². The number of aromatic nitrogens is 1. The summed E-state index contributed by atoms with van der Waals surface area (Å²) in [5.74, 6) is 0.588. The fourth-order valence-electron chi connectivity index (χ4n) is 0.564. The largest absolute Gasteiger partial charge is 0.384 e. The molecule has 0 fully saturated rings. The van der Waals surface area contributed by atoms with Crippen LogP contribution in [0.3, 0.4) is 0 Å². The smallest absolute Gasteiger partial charge is 0.123 e. The van der Waals surface area contributed by atoms with Crippen molar-refractivity contribution in [1.29, 1.82) is 0 Å². The number of rotatable bonds is 0. The first kappa shape index (κ1) is 8.95. The summed E-state index contributed by atoms with van der Waals surface area (Å²) in [6.07, 6.45) is 0. The van der Waals surface area contributed by atoms with E-state index in [2.05, 4.69) is 4.98 Å². The van der Waals surface area contributed by atoms with Crippen LogP contribution in [0.2, 0.25) is 0 Å². The van der Waals surface area contributed by atoms with Crippen LogP contribution in [0, 0.1) is 6.92 Å². The topological polar surface area (TPSA) is 38.9 Å². The van der Waals surface area contributed by atoms with E-state index in [1.165, 1.54) is 0 Å². The Morgan fingerprint density at radius 3 is 2.20 bits per heavy atom. The maximum atomic E-state index is 5.35. The maximum absolute atomic E-state index is 5.35. The molecule has 1 heterocycles. The third kappa shape index (κ3) is 3.07. The summed E-state index contributed by atoms with van der Waals surface area (Å²) >= 11 is 0. The molecule has 0 aliphatic rings. The monoisotopic (exact) mass is 138 g/mol. The van der Waals surface area contributed by atoms with E-state index >= 15 is 0 Å². The van der Waals surface area contributed by atoms with Gasteiger partial charge in [-0.2, -0.15) is 0 Å². The van der Waals surface area contributed by atoms with Crippen molar-refractivity contribution >= 4 is 5.82 Å². The van der Waals surface area contributed by atoms with Crippen LogP contribution in [0.25, 0.3) is 0 Å². The molecule has 0 aromatic carbocycles. The van der Waals surface area contributed by atoms with Gasteiger partial charge in [0.25, 0.3) is 0 Å². The van der Waals surface area contributed by atoms with Crippen LogP contribution in [0.5, 0.6) is 0 Å². The maximum Gasteiger partial charge on any atom is 0.123 e. The fourth-order valence-corrected chi connectivity index (χ4v) is 0.564. The summed E-state index contributed by atoms with van der Waals surface area (Å²) in [7, 11) is 0. The molecule has 0 saturated heterocycles. The van der Waals surface area contributed by atoms with E-state index in [0.717, 1.165) is 5.69 Å². The first-order valence-corrected chi connectivity index (χ1v) is 3.48. The van der Waals surface area contributed by atoms with E-state index in [1.54, 1.807) is 6.07 Å². The van der Waals surface area contributed by atoms with Gasteiger partial charge in [0, 0.05) is 5.69 Å². The zero-order chi connectivity index (χ0) is 7.98. The molecule has 2 heteroatoms. The van der Waals surface area contributed by atoms with Gasteiger partial charge in [-0.3, -0.25) is 0 Å². The molecule has 0 amide bonds. The van der Waals surface area contributed by atoms with Gasteiger partial charge in [-0.15, -0.1) is 0 Å². The Hall–Kier alpha value is -1.05. The number of nitrogens with two attached hydrogens (primary N) is 1. The van der Waals surface area contributed by atoms with Gasteiger partial charge in [0.15, 0.2) is 0 Å². The SMILES string of the molecule is CC.Cc1cccc(N)n1. The van der Waals surface area contributed by atoms with Crippen LogP contribution >= 0.6 is 0 Å². The lowest BCUT2D eigenvalue weighted by Gasteiger charge is -1.90. The summed E-state index contributed by atoms with van der Waals surface area (Å²) in [6.45, 7) is 5.91. The van der Waals surface area contributed by atoms with Crippen molar-refractivity contribution in [1.82, 2.24) is 4.98 Å².